The fourth-order valence-electron chi connectivity index (χ4n) is 3.91. The number of nitrogens with zero attached hydrogens (tertiary/aromatic N) is 2. The number of amides is 2. The second kappa shape index (κ2) is 9.88. The Morgan fingerprint density at radius 1 is 1.03 bits per heavy atom. The second-order valence-corrected chi connectivity index (χ2v) is 7.83. The van der Waals surface area contributed by atoms with Crippen molar-refractivity contribution < 1.29 is 23.8 Å². The highest BCUT2D eigenvalue weighted by Gasteiger charge is 2.27. The lowest BCUT2D eigenvalue weighted by molar-refractivity contribution is -0.136. The number of carbonyl (C=O) groups excluding carboxylic acids is 2. The number of hydrogen-bond donors (Lipinski definition) is 2. The molecule has 2 aliphatic rings. The Kier molecular flexibility index (Phi) is 6.77. The highest BCUT2D eigenvalue weighted by molar-refractivity contribution is 6.39. The van der Waals surface area contributed by atoms with Crippen LogP contribution in [0.4, 0.5) is 5.69 Å². The van der Waals surface area contributed by atoms with E-state index in [2.05, 4.69) is 27.5 Å². The number of rotatable bonds is 6. The number of likely N-dealkylation sites (N-methyl/N-ethyl adjacent to an activating group) is 1. The summed E-state index contributed by atoms with van der Waals surface area (Å²) in [7, 11) is 3.61. The van der Waals surface area contributed by atoms with Gasteiger partial charge in [0, 0.05) is 32.7 Å². The zero-order valence-electron chi connectivity index (χ0n) is 18.3. The molecule has 2 aliphatic heterocycles. The zero-order chi connectivity index (χ0) is 22.5. The van der Waals surface area contributed by atoms with E-state index >= 15 is 0 Å². The minimum absolute atomic E-state index is 0.0961. The summed E-state index contributed by atoms with van der Waals surface area (Å²) in [4.78, 5) is 29.6. The third-order valence-corrected chi connectivity index (χ3v) is 5.78. The van der Waals surface area contributed by atoms with Crippen molar-refractivity contribution in [2.24, 2.45) is 0 Å². The molecular formula is C23H28N4O5. The predicted molar refractivity (Wildman–Crippen MR) is 119 cm³/mol. The minimum atomic E-state index is -0.739. The largest absolute Gasteiger partial charge is 0.495 e. The Balaban J connectivity index is 1.45. The SMILES string of the molecule is COc1ccccc1NC(=O)C(=O)NC[C@@H](c1ccc2c(c1)OCO2)N1CCN(C)CC1. The number of para-hydroxylation sites is 2. The van der Waals surface area contributed by atoms with Crippen LogP contribution in [0.15, 0.2) is 42.5 Å². The second-order valence-electron chi connectivity index (χ2n) is 7.83. The first-order chi connectivity index (χ1) is 15.5. The summed E-state index contributed by atoms with van der Waals surface area (Å²) in [5.74, 6) is 0.463. The molecule has 0 aromatic heterocycles. The maximum Gasteiger partial charge on any atom is 0.313 e. The zero-order valence-corrected chi connectivity index (χ0v) is 18.3. The Bertz CT molecular complexity index is 975. The molecule has 32 heavy (non-hydrogen) atoms. The number of benzene rings is 2. The molecule has 1 atom stereocenters. The van der Waals surface area contributed by atoms with E-state index in [1.54, 1.807) is 24.3 Å². The summed E-state index contributed by atoms with van der Waals surface area (Å²) in [6.45, 7) is 4.09. The van der Waals surface area contributed by atoms with E-state index < -0.39 is 11.8 Å². The number of methoxy groups -OCH3 is 1. The molecule has 2 amide bonds. The number of carbonyl (C=O) groups is 2. The van der Waals surface area contributed by atoms with Gasteiger partial charge >= 0.3 is 11.8 Å². The molecule has 9 heteroatoms. The van der Waals surface area contributed by atoms with E-state index in [-0.39, 0.29) is 12.8 Å². The van der Waals surface area contributed by atoms with Crippen molar-refractivity contribution in [2.45, 2.75) is 6.04 Å². The first-order valence-corrected chi connectivity index (χ1v) is 10.6. The Labute approximate surface area is 187 Å². The number of nitrogens with one attached hydrogen (secondary N) is 2. The van der Waals surface area contributed by atoms with Crippen LogP contribution >= 0.6 is 0 Å². The number of hydrogen-bond acceptors (Lipinski definition) is 7. The smallest absolute Gasteiger partial charge is 0.313 e. The standard InChI is InChI=1S/C23H28N4O5/c1-26-9-11-27(12-10-26)18(16-7-8-20-21(13-16)32-15-31-20)14-24-22(28)23(29)25-17-5-3-4-6-19(17)30-2/h3-8,13,18H,9-12,14-15H2,1-2H3,(H,24,28)(H,25,29)/t18-/m0/s1. The van der Waals surface area contributed by atoms with Gasteiger partial charge in [-0.25, -0.2) is 0 Å². The van der Waals surface area contributed by atoms with Crippen molar-refractivity contribution in [3.05, 3.63) is 48.0 Å². The monoisotopic (exact) mass is 440 g/mol. The third kappa shape index (κ3) is 4.95. The van der Waals surface area contributed by atoms with E-state index in [1.165, 1.54) is 7.11 Å². The van der Waals surface area contributed by atoms with Gasteiger partial charge in [0.05, 0.1) is 18.8 Å². The van der Waals surface area contributed by atoms with Crippen LogP contribution in [0, 0.1) is 0 Å². The van der Waals surface area contributed by atoms with Gasteiger partial charge in [-0.05, 0) is 36.9 Å². The fourth-order valence-corrected chi connectivity index (χ4v) is 3.91. The molecule has 0 spiro atoms. The lowest BCUT2D eigenvalue weighted by Gasteiger charge is -2.38. The van der Waals surface area contributed by atoms with Gasteiger partial charge in [-0.3, -0.25) is 14.5 Å². The Morgan fingerprint density at radius 2 is 1.78 bits per heavy atom. The molecule has 4 rings (SSSR count). The molecule has 0 saturated carbocycles. The van der Waals surface area contributed by atoms with Crippen LogP contribution < -0.4 is 24.8 Å². The summed E-state index contributed by atoms with van der Waals surface area (Å²) in [5.41, 5.74) is 1.45. The molecule has 2 aromatic rings. The third-order valence-electron chi connectivity index (χ3n) is 5.78. The van der Waals surface area contributed by atoms with Crippen LogP contribution in [0.25, 0.3) is 0 Å². The van der Waals surface area contributed by atoms with E-state index in [0.717, 1.165) is 31.7 Å². The van der Waals surface area contributed by atoms with Crippen LogP contribution in [0.1, 0.15) is 11.6 Å². The van der Waals surface area contributed by atoms with Crippen molar-refractivity contribution in [2.75, 3.05) is 59.0 Å². The van der Waals surface area contributed by atoms with Crippen molar-refractivity contribution in [1.82, 2.24) is 15.1 Å². The average Bonchev–Trinajstić information content (AvgIpc) is 3.28. The van der Waals surface area contributed by atoms with Gasteiger partial charge in [0.2, 0.25) is 6.79 Å². The van der Waals surface area contributed by atoms with E-state index in [4.69, 9.17) is 14.2 Å². The van der Waals surface area contributed by atoms with Gasteiger partial charge in [0.25, 0.3) is 0 Å². The van der Waals surface area contributed by atoms with Crippen molar-refractivity contribution in [3.8, 4) is 17.2 Å². The number of anilines is 1. The minimum Gasteiger partial charge on any atom is -0.495 e. The lowest BCUT2D eigenvalue weighted by Crippen LogP contribution is -2.49. The summed E-state index contributed by atoms with van der Waals surface area (Å²) in [6, 6.07) is 12.7. The van der Waals surface area contributed by atoms with Crippen molar-refractivity contribution in [3.63, 3.8) is 0 Å². The Morgan fingerprint density at radius 3 is 2.56 bits per heavy atom. The maximum absolute atomic E-state index is 12.6. The number of piperazine rings is 1. The first-order valence-electron chi connectivity index (χ1n) is 10.6. The average molecular weight is 441 g/mol. The topological polar surface area (TPSA) is 92.4 Å². The molecule has 2 N–H and O–H groups in total. The van der Waals surface area contributed by atoms with E-state index in [1.807, 2.05) is 18.2 Å². The van der Waals surface area contributed by atoms with E-state index in [9.17, 15) is 9.59 Å². The number of fused-ring (bicyclic) bond motifs is 1. The molecular weight excluding hydrogens is 412 g/mol. The predicted octanol–water partition coefficient (Wildman–Crippen LogP) is 1.47. The van der Waals surface area contributed by atoms with Gasteiger partial charge in [0.15, 0.2) is 11.5 Å². The van der Waals surface area contributed by atoms with Gasteiger partial charge in [-0.1, -0.05) is 18.2 Å². The fraction of sp³-hybridized carbons (Fsp3) is 0.391. The lowest BCUT2D eigenvalue weighted by atomic mass is 10.0. The molecule has 2 aromatic carbocycles. The summed E-state index contributed by atoms with van der Waals surface area (Å²) in [5, 5.41) is 5.41. The van der Waals surface area contributed by atoms with Crippen molar-refractivity contribution in [1.29, 1.82) is 0 Å². The summed E-state index contributed by atoms with van der Waals surface area (Å²) in [6.07, 6.45) is 0. The highest BCUT2D eigenvalue weighted by atomic mass is 16.7. The maximum atomic E-state index is 12.6. The van der Waals surface area contributed by atoms with Gasteiger partial charge in [-0.15, -0.1) is 0 Å². The van der Waals surface area contributed by atoms with Gasteiger partial charge in [-0.2, -0.15) is 0 Å². The molecule has 0 bridgehead atoms. The molecule has 1 fully saturated rings. The van der Waals surface area contributed by atoms with Crippen molar-refractivity contribution >= 4 is 17.5 Å². The Hall–Kier alpha value is -3.30. The van der Waals surface area contributed by atoms with Gasteiger partial charge < -0.3 is 29.7 Å². The normalized spacial score (nSPS) is 16.9. The molecule has 2 heterocycles. The number of ether oxygens (including phenoxy) is 3. The quantitative estimate of drug-likeness (QED) is 0.657. The van der Waals surface area contributed by atoms with Crippen LogP contribution in [-0.2, 0) is 9.59 Å². The first kappa shape index (κ1) is 21.9. The highest BCUT2D eigenvalue weighted by Crippen LogP contribution is 2.35. The molecule has 0 radical (unpaired) electrons. The van der Waals surface area contributed by atoms with Crippen LogP contribution in [0.5, 0.6) is 17.2 Å². The summed E-state index contributed by atoms with van der Waals surface area (Å²) < 4.78 is 16.2. The molecule has 0 aliphatic carbocycles. The molecule has 0 unspecified atom stereocenters. The molecule has 170 valence electrons. The molecule has 1 saturated heterocycles. The van der Waals surface area contributed by atoms with E-state index in [0.29, 0.717) is 29.5 Å². The summed E-state index contributed by atoms with van der Waals surface area (Å²) >= 11 is 0. The van der Waals surface area contributed by atoms with Gasteiger partial charge in [0.1, 0.15) is 5.75 Å². The molecule has 9 nitrogen and oxygen atoms in total. The van der Waals surface area contributed by atoms with Crippen LogP contribution in [0.2, 0.25) is 0 Å². The van der Waals surface area contributed by atoms with Crippen LogP contribution in [0.3, 0.4) is 0 Å². The van der Waals surface area contributed by atoms with Crippen LogP contribution in [-0.4, -0.2) is 75.3 Å².